The molecule has 2 aliphatic heterocycles. The summed E-state index contributed by atoms with van der Waals surface area (Å²) < 4.78 is 0. The fourth-order valence-electron chi connectivity index (χ4n) is 5.09. The van der Waals surface area contributed by atoms with Crippen molar-refractivity contribution in [2.24, 2.45) is 0 Å². The Morgan fingerprint density at radius 2 is 1.52 bits per heavy atom. The van der Waals surface area contributed by atoms with Crippen molar-refractivity contribution in [2.45, 2.75) is 38.1 Å². The lowest BCUT2D eigenvalue weighted by atomic mass is 9.91. The minimum Gasteiger partial charge on any atom is -0.368 e. The van der Waals surface area contributed by atoms with Crippen molar-refractivity contribution in [3.63, 3.8) is 0 Å². The summed E-state index contributed by atoms with van der Waals surface area (Å²) >= 11 is 0. The lowest BCUT2D eigenvalue weighted by molar-refractivity contribution is 0.133. The molecule has 1 aliphatic carbocycles. The van der Waals surface area contributed by atoms with Crippen LogP contribution in [-0.4, -0.2) is 50.2 Å². The van der Waals surface area contributed by atoms with Gasteiger partial charge in [0.25, 0.3) is 0 Å². The van der Waals surface area contributed by atoms with Crippen LogP contribution >= 0.6 is 0 Å². The number of nitriles is 1. The molecule has 0 aromatic heterocycles. The summed E-state index contributed by atoms with van der Waals surface area (Å²) in [6.07, 6.45) is 6.62. The normalized spacial score (nSPS) is 20.5. The fourth-order valence-corrected chi connectivity index (χ4v) is 5.09. The summed E-state index contributed by atoms with van der Waals surface area (Å²) in [5.74, 6) is 0. The number of benzene rings is 2. The van der Waals surface area contributed by atoms with Gasteiger partial charge in [0, 0.05) is 51.0 Å². The monoisotopic (exact) mass is 386 g/mol. The van der Waals surface area contributed by atoms with Crippen molar-refractivity contribution in [3.05, 3.63) is 59.2 Å². The van der Waals surface area contributed by atoms with Crippen molar-refractivity contribution in [3.8, 4) is 6.07 Å². The van der Waals surface area contributed by atoms with E-state index < -0.39 is 0 Å². The first-order chi connectivity index (χ1) is 14.3. The number of hydrogen-bond donors (Lipinski definition) is 0. The quantitative estimate of drug-likeness (QED) is 0.803. The highest BCUT2D eigenvalue weighted by Gasteiger charge is 2.27. The molecular formula is C25H30N4. The maximum atomic E-state index is 9.40. The highest BCUT2D eigenvalue weighted by Crippen LogP contribution is 2.29. The number of nitrogens with zero attached hydrogens (tertiary/aromatic N) is 4. The lowest BCUT2D eigenvalue weighted by Gasteiger charge is -2.38. The zero-order valence-electron chi connectivity index (χ0n) is 17.2. The van der Waals surface area contributed by atoms with Gasteiger partial charge >= 0.3 is 0 Å². The molecule has 0 radical (unpaired) electrons. The van der Waals surface area contributed by atoms with Crippen LogP contribution in [0.1, 0.15) is 36.0 Å². The van der Waals surface area contributed by atoms with Gasteiger partial charge in [0.05, 0.1) is 11.3 Å². The Labute approximate surface area is 174 Å². The van der Waals surface area contributed by atoms with E-state index in [0.29, 0.717) is 0 Å². The average Bonchev–Trinajstić information content (AvgIpc) is 2.95. The van der Waals surface area contributed by atoms with Gasteiger partial charge in [-0.3, -0.25) is 4.90 Å². The molecule has 3 aliphatic rings. The lowest BCUT2D eigenvalue weighted by Crippen LogP contribution is -2.46. The van der Waals surface area contributed by atoms with Crippen molar-refractivity contribution < 1.29 is 0 Å². The van der Waals surface area contributed by atoms with Crippen molar-refractivity contribution in [1.82, 2.24) is 4.90 Å². The van der Waals surface area contributed by atoms with Crippen molar-refractivity contribution in [2.75, 3.05) is 49.1 Å². The Morgan fingerprint density at radius 1 is 0.793 bits per heavy atom. The summed E-state index contributed by atoms with van der Waals surface area (Å²) in [5, 5.41) is 9.40. The molecule has 0 spiro atoms. The minimum atomic E-state index is 0.780. The highest BCUT2D eigenvalue weighted by molar-refractivity contribution is 5.61. The summed E-state index contributed by atoms with van der Waals surface area (Å²) in [6.45, 7) is 6.39. The molecule has 2 aromatic carbocycles. The SMILES string of the molecule is N#Cc1ccccc1N1CCN(c2ccc3c(c2)CCN(C2CCC2)CC3)CC1. The molecule has 4 nitrogen and oxygen atoms in total. The first kappa shape index (κ1) is 18.5. The number of hydrogen-bond acceptors (Lipinski definition) is 4. The summed E-state index contributed by atoms with van der Waals surface area (Å²) in [7, 11) is 0. The Balaban J connectivity index is 1.25. The van der Waals surface area contributed by atoms with Crippen LogP contribution in [0.3, 0.4) is 0 Å². The Kier molecular flexibility index (Phi) is 5.16. The van der Waals surface area contributed by atoms with Crippen LogP contribution < -0.4 is 9.80 Å². The van der Waals surface area contributed by atoms with Gasteiger partial charge in [-0.1, -0.05) is 24.6 Å². The standard InChI is InChI=1S/C25H30N4/c26-19-22-4-1-2-7-25(22)29-16-14-28(15-17-29)24-9-8-20-10-12-27(23-5-3-6-23)13-11-21(20)18-24/h1-2,4,7-9,18,23H,3,5-6,10-17H2. The van der Waals surface area contributed by atoms with E-state index in [-0.39, 0.29) is 0 Å². The molecule has 2 heterocycles. The van der Waals surface area contributed by atoms with Crippen LogP contribution in [0.5, 0.6) is 0 Å². The average molecular weight is 387 g/mol. The summed E-state index contributed by atoms with van der Waals surface area (Å²) in [6, 6.07) is 18.3. The number of para-hydroxylation sites is 1. The van der Waals surface area contributed by atoms with Gasteiger partial charge in [0.15, 0.2) is 0 Å². The second-order valence-electron chi connectivity index (χ2n) is 8.68. The number of rotatable bonds is 3. The van der Waals surface area contributed by atoms with Crippen LogP contribution in [0.25, 0.3) is 0 Å². The zero-order valence-corrected chi connectivity index (χ0v) is 17.2. The molecule has 2 fully saturated rings. The number of piperazine rings is 1. The van der Waals surface area contributed by atoms with E-state index in [1.807, 2.05) is 18.2 Å². The zero-order chi connectivity index (χ0) is 19.6. The second-order valence-corrected chi connectivity index (χ2v) is 8.68. The maximum absolute atomic E-state index is 9.40. The van der Waals surface area contributed by atoms with E-state index >= 15 is 0 Å². The topological polar surface area (TPSA) is 33.5 Å². The van der Waals surface area contributed by atoms with E-state index in [0.717, 1.165) is 43.5 Å². The maximum Gasteiger partial charge on any atom is 0.101 e. The van der Waals surface area contributed by atoms with E-state index in [9.17, 15) is 5.26 Å². The first-order valence-electron chi connectivity index (χ1n) is 11.2. The van der Waals surface area contributed by atoms with Gasteiger partial charge in [-0.2, -0.15) is 5.26 Å². The largest absolute Gasteiger partial charge is 0.368 e. The van der Waals surface area contributed by atoms with Crippen LogP contribution in [0, 0.1) is 11.3 Å². The molecule has 1 saturated heterocycles. The second kappa shape index (κ2) is 8.08. The molecule has 29 heavy (non-hydrogen) atoms. The van der Waals surface area contributed by atoms with Crippen molar-refractivity contribution >= 4 is 11.4 Å². The van der Waals surface area contributed by atoms with Crippen LogP contribution in [0.15, 0.2) is 42.5 Å². The predicted octanol–water partition coefficient (Wildman–Crippen LogP) is 3.84. The predicted molar refractivity (Wildman–Crippen MR) is 119 cm³/mol. The van der Waals surface area contributed by atoms with Crippen LogP contribution in [0.4, 0.5) is 11.4 Å². The molecule has 4 heteroatoms. The van der Waals surface area contributed by atoms with Gasteiger partial charge in [-0.05, 0) is 61.1 Å². The third-order valence-corrected chi connectivity index (χ3v) is 7.13. The highest BCUT2D eigenvalue weighted by atomic mass is 15.3. The van der Waals surface area contributed by atoms with Gasteiger partial charge < -0.3 is 9.80 Å². The van der Waals surface area contributed by atoms with Crippen LogP contribution in [-0.2, 0) is 12.8 Å². The molecule has 0 amide bonds. The van der Waals surface area contributed by atoms with Gasteiger partial charge in [0.1, 0.15) is 6.07 Å². The van der Waals surface area contributed by atoms with E-state index in [1.165, 1.54) is 50.9 Å². The van der Waals surface area contributed by atoms with Crippen LogP contribution in [0.2, 0.25) is 0 Å². The molecule has 2 aromatic rings. The van der Waals surface area contributed by atoms with E-state index in [4.69, 9.17) is 0 Å². The number of anilines is 2. The summed E-state index contributed by atoms with van der Waals surface area (Å²) in [5.41, 5.74) is 6.34. The third kappa shape index (κ3) is 3.72. The van der Waals surface area contributed by atoms with Crippen molar-refractivity contribution in [1.29, 1.82) is 5.26 Å². The summed E-state index contributed by atoms with van der Waals surface area (Å²) in [4.78, 5) is 7.60. The Hall–Kier alpha value is -2.51. The molecule has 150 valence electrons. The Bertz CT molecular complexity index is 903. The smallest absolute Gasteiger partial charge is 0.101 e. The molecular weight excluding hydrogens is 356 g/mol. The fraction of sp³-hybridized carbons (Fsp3) is 0.480. The van der Waals surface area contributed by atoms with Gasteiger partial charge in [-0.25, -0.2) is 0 Å². The van der Waals surface area contributed by atoms with Gasteiger partial charge in [0.2, 0.25) is 0 Å². The molecule has 5 rings (SSSR count). The molecule has 0 atom stereocenters. The minimum absolute atomic E-state index is 0.780. The third-order valence-electron chi connectivity index (χ3n) is 7.13. The molecule has 0 N–H and O–H groups in total. The Morgan fingerprint density at radius 3 is 2.24 bits per heavy atom. The van der Waals surface area contributed by atoms with E-state index in [2.05, 4.69) is 45.0 Å². The van der Waals surface area contributed by atoms with Gasteiger partial charge in [-0.15, -0.1) is 0 Å². The molecule has 1 saturated carbocycles. The first-order valence-corrected chi connectivity index (χ1v) is 11.2. The number of fused-ring (bicyclic) bond motifs is 1. The van der Waals surface area contributed by atoms with E-state index in [1.54, 1.807) is 11.1 Å². The molecule has 0 unspecified atom stereocenters. The molecule has 0 bridgehead atoms.